The van der Waals surface area contributed by atoms with Crippen LogP contribution < -0.4 is 0 Å². The molecule has 0 aliphatic heterocycles. The number of benzene rings is 2. The smallest absolute Gasteiger partial charge is 0.239 e. The van der Waals surface area contributed by atoms with Crippen molar-refractivity contribution in [3.05, 3.63) is 59.8 Å². The normalized spacial score (nSPS) is 12.6. The van der Waals surface area contributed by atoms with Gasteiger partial charge in [-0.25, -0.2) is 9.97 Å². The van der Waals surface area contributed by atoms with E-state index in [1.807, 2.05) is 0 Å². The number of hydrogen-bond acceptors (Lipinski definition) is 3. The minimum atomic E-state index is -4.78. The van der Waals surface area contributed by atoms with Gasteiger partial charge in [0, 0.05) is 4.90 Å². The van der Waals surface area contributed by atoms with Crippen molar-refractivity contribution < 1.29 is 26.3 Å². The van der Waals surface area contributed by atoms with Gasteiger partial charge in [0.05, 0.1) is 16.6 Å². The molecule has 1 aromatic heterocycles. The van der Waals surface area contributed by atoms with Gasteiger partial charge in [0.25, 0.3) is 0 Å². The summed E-state index contributed by atoms with van der Waals surface area (Å²) >= 11 is 0.493. The van der Waals surface area contributed by atoms with E-state index in [0.29, 0.717) is 11.8 Å². The van der Waals surface area contributed by atoms with Crippen molar-refractivity contribution in [2.75, 3.05) is 0 Å². The Morgan fingerprint density at radius 3 is 1.96 bits per heavy atom. The van der Waals surface area contributed by atoms with E-state index >= 15 is 0 Å². The number of fused-ring (bicyclic) bond motifs is 1. The van der Waals surface area contributed by atoms with Gasteiger partial charge in [-0.05, 0) is 30.3 Å². The fraction of sp³-hybridized carbons (Fsp3) is 0.125. The van der Waals surface area contributed by atoms with E-state index in [1.165, 1.54) is 24.3 Å². The Kier molecular flexibility index (Phi) is 4.36. The van der Waals surface area contributed by atoms with Crippen LogP contribution in [0.4, 0.5) is 26.3 Å². The first-order chi connectivity index (χ1) is 11.6. The molecule has 0 aliphatic rings. The maximum Gasteiger partial charge on any atom is 0.436 e. The second kappa shape index (κ2) is 6.21. The average Bonchev–Trinajstić information content (AvgIpc) is 2.53. The van der Waals surface area contributed by atoms with Crippen molar-refractivity contribution in [3.63, 3.8) is 0 Å². The summed E-state index contributed by atoms with van der Waals surface area (Å²) in [6.07, 6.45) is -9.36. The van der Waals surface area contributed by atoms with E-state index in [9.17, 15) is 26.3 Å². The molecular weight excluding hydrogens is 366 g/mol. The third-order valence-corrected chi connectivity index (χ3v) is 4.15. The van der Waals surface area contributed by atoms with E-state index in [0.717, 1.165) is 18.2 Å². The lowest BCUT2D eigenvalue weighted by molar-refractivity contribution is -0.143. The summed E-state index contributed by atoms with van der Waals surface area (Å²) < 4.78 is 78.1. The third-order valence-electron chi connectivity index (χ3n) is 3.18. The van der Waals surface area contributed by atoms with Gasteiger partial charge in [0.1, 0.15) is 5.03 Å². The van der Waals surface area contributed by atoms with Crippen LogP contribution in [-0.2, 0) is 12.4 Å². The Hall–Kier alpha value is -2.29. The van der Waals surface area contributed by atoms with Crippen LogP contribution in [0.1, 0.15) is 11.3 Å². The van der Waals surface area contributed by atoms with Crippen LogP contribution in [0.3, 0.4) is 0 Å². The molecule has 0 amide bonds. The largest absolute Gasteiger partial charge is 0.436 e. The van der Waals surface area contributed by atoms with Crippen LogP contribution in [0.25, 0.3) is 11.0 Å². The zero-order chi connectivity index (χ0) is 18.2. The number of para-hydroxylation sites is 2. The second-order valence-electron chi connectivity index (χ2n) is 4.99. The molecule has 2 aromatic carbocycles. The van der Waals surface area contributed by atoms with Gasteiger partial charge in [-0.1, -0.05) is 30.0 Å². The molecule has 0 atom stereocenters. The molecule has 0 fully saturated rings. The number of aromatic nitrogens is 2. The predicted molar refractivity (Wildman–Crippen MR) is 80.1 cm³/mol. The van der Waals surface area contributed by atoms with Gasteiger partial charge in [-0.15, -0.1) is 0 Å². The van der Waals surface area contributed by atoms with Crippen LogP contribution in [0.5, 0.6) is 0 Å². The highest BCUT2D eigenvalue weighted by Crippen LogP contribution is 2.39. The van der Waals surface area contributed by atoms with E-state index in [2.05, 4.69) is 9.97 Å². The highest BCUT2D eigenvalue weighted by atomic mass is 32.2. The van der Waals surface area contributed by atoms with Gasteiger partial charge in [-0.2, -0.15) is 26.3 Å². The molecule has 0 radical (unpaired) electrons. The van der Waals surface area contributed by atoms with Crippen LogP contribution in [0, 0.1) is 0 Å². The first-order valence-electron chi connectivity index (χ1n) is 6.84. The highest BCUT2D eigenvalue weighted by Gasteiger charge is 2.37. The maximum absolute atomic E-state index is 13.3. The van der Waals surface area contributed by atoms with Gasteiger partial charge in [0.2, 0.25) is 0 Å². The third kappa shape index (κ3) is 3.87. The number of hydrogen-bond donors (Lipinski definition) is 0. The van der Waals surface area contributed by atoms with E-state index in [4.69, 9.17) is 0 Å². The lowest BCUT2D eigenvalue weighted by atomic mass is 10.2. The standard InChI is InChI=1S/C16H8F6N2S/c17-15(18,19)9-4-3-5-10(8-9)25-14-13(16(20,21)22)23-11-6-1-2-7-12(11)24-14/h1-8H. The van der Waals surface area contributed by atoms with E-state index in [1.54, 1.807) is 6.07 Å². The predicted octanol–water partition coefficient (Wildman–Crippen LogP) is 5.82. The Balaban J connectivity index is 2.09. The lowest BCUT2D eigenvalue weighted by Gasteiger charge is -2.13. The Bertz CT molecular complexity index is 920. The van der Waals surface area contributed by atoms with Crippen molar-refractivity contribution in [1.29, 1.82) is 0 Å². The highest BCUT2D eigenvalue weighted by molar-refractivity contribution is 7.99. The summed E-state index contributed by atoms with van der Waals surface area (Å²) in [5.74, 6) is 0. The first-order valence-corrected chi connectivity index (χ1v) is 7.65. The minimum absolute atomic E-state index is 0.00935. The molecule has 0 N–H and O–H groups in total. The molecule has 130 valence electrons. The van der Waals surface area contributed by atoms with Gasteiger partial charge < -0.3 is 0 Å². The van der Waals surface area contributed by atoms with Crippen molar-refractivity contribution >= 4 is 22.8 Å². The maximum atomic E-state index is 13.3. The molecule has 25 heavy (non-hydrogen) atoms. The minimum Gasteiger partial charge on any atom is -0.239 e. The summed E-state index contributed by atoms with van der Waals surface area (Å²) in [6, 6.07) is 10.0. The number of alkyl halides is 6. The Labute approximate surface area is 141 Å². The van der Waals surface area contributed by atoms with Crippen LogP contribution >= 0.6 is 11.8 Å². The summed E-state index contributed by atoms with van der Waals surface area (Å²) in [6.45, 7) is 0. The summed E-state index contributed by atoms with van der Waals surface area (Å²) in [5, 5.41) is -0.495. The molecular formula is C16H8F6N2S. The lowest BCUT2D eigenvalue weighted by Crippen LogP contribution is -2.11. The van der Waals surface area contributed by atoms with E-state index in [-0.39, 0.29) is 15.9 Å². The SMILES string of the molecule is FC(F)(F)c1cccc(Sc2nc3ccccc3nc2C(F)(F)F)c1. The Morgan fingerprint density at radius 2 is 1.36 bits per heavy atom. The number of halogens is 6. The van der Waals surface area contributed by atoms with Crippen molar-refractivity contribution in [1.82, 2.24) is 9.97 Å². The van der Waals surface area contributed by atoms with E-state index < -0.39 is 28.6 Å². The fourth-order valence-electron chi connectivity index (χ4n) is 2.09. The zero-order valence-corrected chi connectivity index (χ0v) is 13.0. The number of rotatable bonds is 2. The first kappa shape index (κ1) is 17.5. The molecule has 3 aromatic rings. The Morgan fingerprint density at radius 1 is 0.720 bits per heavy atom. The molecule has 0 saturated heterocycles. The molecule has 0 spiro atoms. The van der Waals surface area contributed by atoms with Crippen molar-refractivity contribution in [2.45, 2.75) is 22.3 Å². The van der Waals surface area contributed by atoms with Crippen molar-refractivity contribution in [3.8, 4) is 0 Å². The molecule has 2 nitrogen and oxygen atoms in total. The van der Waals surface area contributed by atoms with Crippen LogP contribution in [0.15, 0.2) is 58.5 Å². The molecule has 1 heterocycles. The summed E-state index contributed by atoms with van der Waals surface area (Å²) in [4.78, 5) is 7.50. The molecule has 0 unspecified atom stereocenters. The summed E-state index contributed by atoms with van der Waals surface area (Å²) in [5.41, 5.74) is -1.89. The monoisotopic (exact) mass is 374 g/mol. The fourth-order valence-corrected chi connectivity index (χ4v) is 3.05. The number of nitrogens with zero attached hydrogens (tertiary/aromatic N) is 2. The zero-order valence-electron chi connectivity index (χ0n) is 12.2. The quantitative estimate of drug-likeness (QED) is 0.529. The molecule has 0 saturated carbocycles. The topological polar surface area (TPSA) is 25.8 Å². The van der Waals surface area contributed by atoms with Crippen LogP contribution in [-0.4, -0.2) is 9.97 Å². The second-order valence-corrected chi connectivity index (χ2v) is 6.05. The molecule has 0 bridgehead atoms. The average molecular weight is 374 g/mol. The van der Waals surface area contributed by atoms with Gasteiger partial charge >= 0.3 is 12.4 Å². The van der Waals surface area contributed by atoms with Gasteiger partial charge in [0.15, 0.2) is 5.69 Å². The van der Waals surface area contributed by atoms with Crippen LogP contribution in [0.2, 0.25) is 0 Å². The molecule has 0 aliphatic carbocycles. The van der Waals surface area contributed by atoms with Gasteiger partial charge in [-0.3, -0.25) is 0 Å². The van der Waals surface area contributed by atoms with Crippen molar-refractivity contribution in [2.24, 2.45) is 0 Å². The molecule has 3 rings (SSSR count). The summed E-state index contributed by atoms with van der Waals surface area (Å²) in [7, 11) is 0. The molecule has 9 heteroatoms.